The number of morpholine rings is 1. The van der Waals surface area contributed by atoms with Crippen molar-refractivity contribution in [3.05, 3.63) is 72.9 Å². The standard InChI is InChI=1S/C28H28N6O2/c1-2-5-20(6-3-1)27-31-26-10-8-23(36-14-4-11-34-12-15-35-16-13-34)18-24(26)28(32-27)30-22-7-9-25-21(17-22)19-29-33-25/h1-3,5-10,17-19H,4,11-16H2,(H,29,33)(H,30,31,32). The van der Waals surface area contributed by atoms with E-state index in [1.807, 2.05) is 66.9 Å². The van der Waals surface area contributed by atoms with Crippen LogP contribution in [-0.2, 0) is 4.74 Å². The second-order valence-electron chi connectivity index (χ2n) is 8.89. The van der Waals surface area contributed by atoms with E-state index < -0.39 is 0 Å². The molecule has 1 aliphatic rings. The van der Waals surface area contributed by atoms with Crippen LogP contribution in [0.5, 0.6) is 5.75 Å². The van der Waals surface area contributed by atoms with Gasteiger partial charge in [-0.05, 0) is 42.8 Å². The fourth-order valence-corrected chi connectivity index (χ4v) is 4.47. The van der Waals surface area contributed by atoms with Gasteiger partial charge in [0, 0.05) is 41.7 Å². The summed E-state index contributed by atoms with van der Waals surface area (Å²) < 4.78 is 11.5. The van der Waals surface area contributed by atoms with E-state index in [0.29, 0.717) is 12.4 Å². The molecule has 182 valence electrons. The van der Waals surface area contributed by atoms with Gasteiger partial charge in [-0.1, -0.05) is 30.3 Å². The van der Waals surface area contributed by atoms with Gasteiger partial charge >= 0.3 is 0 Å². The zero-order valence-electron chi connectivity index (χ0n) is 20.0. The van der Waals surface area contributed by atoms with E-state index in [9.17, 15) is 0 Å². The molecule has 8 heteroatoms. The lowest BCUT2D eigenvalue weighted by molar-refractivity contribution is 0.0358. The summed E-state index contributed by atoms with van der Waals surface area (Å²) in [5, 5.41) is 12.6. The van der Waals surface area contributed by atoms with Gasteiger partial charge in [0.15, 0.2) is 5.82 Å². The number of ether oxygens (including phenoxy) is 2. The molecule has 0 aliphatic carbocycles. The highest BCUT2D eigenvalue weighted by Gasteiger charge is 2.13. The second kappa shape index (κ2) is 10.3. The lowest BCUT2D eigenvalue weighted by Crippen LogP contribution is -2.37. The maximum Gasteiger partial charge on any atom is 0.162 e. The quantitative estimate of drug-likeness (QED) is 0.302. The van der Waals surface area contributed by atoms with Crippen LogP contribution < -0.4 is 10.1 Å². The lowest BCUT2D eigenvalue weighted by atomic mass is 10.1. The lowest BCUT2D eigenvalue weighted by Gasteiger charge is -2.26. The number of aromatic nitrogens is 4. The van der Waals surface area contributed by atoms with Gasteiger partial charge in [-0.25, -0.2) is 9.97 Å². The number of benzene rings is 3. The number of fused-ring (bicyclic) bond motifs is 2. The molecule has 0 unspecified atom stereocenters. The average Bonchev–Trinajstić information content (AvgIpc) is 3.40. The third-order valence-corrected chi connectivity index (χ3v) is 6.39. The number of anilines is 2. The summed E-state index contributed by atoms with van der Waals surface area (Å²) in [7, 11) is 0. The van der Waals surface area contributed by atoms with E-state index in [2.05, 4.69) is 26.5 Å². The molecule has 6 rings (SSSR count). The Bertz CT molecular complexity index is 1460. The summed E-state index contributed by atoms with van der Waals surface area (Å²) in [4.78, 5) is 12.2. The monoisotopic (exact) mass is 480 g/mol. The van der Waals surface area contributed by atoms with Crippen molar-refractivity contribution in [3.63, 3.8) is 0 Å². The molecule has 0 amide bonds. The topological polar surface area (TPSA) is 88.2 Å². The van der Waals surface area contributed by atoms with Gasteiger partial charge in [0.05, 0.1) is 37.1 Å². The minimum absolute atomic E-state index is 0.658. The molecule has 1 fully saturated rings. The predicted octanol–water partition coefficient (Wildman–Crippen LogP) is 5.02. The number of H-pyrrole nitrogens is 1. The van der Waals surface area contributed by atoms with Crippen molar-refractivity contribution in [3.8, 4) is 17.1 Å². The van der Waals surface area contributed by atoms with Crippen LogP contribution >= 0.6 is 0 Å². The average molecular weight is 481 g/mol. The molecule has 8 nitrogen and oxygen atoms in total. The Labute approximate surface area is 209 Å². The van der Waals surface area contributed by atoms with Gasteiger partial charge in [0.2, 0.25) is 0 Å². The molecule has 3 aromatic carbocycles. The van der Waals surface area contributed by atoms with Crippen LogP contribution in [0.4, 0.5) is 11.5 Å². The van der Waals surface area contributed by atoms with Gasteiger partial charge in [-0.15, -0.1) is 0 Å². The third-order valence-electron chi connectivity index (χ3n) is 6.39. The Morgan fingerprint density at radius 1 is 0.972 bits per heavy atom. The molecule has 0 atom stereocenters. The molecule has 0 bridgehead atoms. The fraction of sp³-hybridized carbons (Fsp3) is 0.250. The Hall–Kier alpha value is -4.01. The van der Waals surface area contributed by atoms with E-state index in [0.717, 1.165) is 83.9 Å². The van der Waals surface area contributed by atoms with Crippen molar-refractivity contribution in [1.82, 2.24) is 25.1 Å². The summed E-state index contributed by atoms with van der Waals surface area (Å²) in [5.74, 6) is 2.23. The van der Waals surface area contributed by atoms with Crippen LogP contribution in [0.25, 0.3) is 33.2 Å². The Morgan fingerprint density at radius 2 is 1.86 bits per heavy atom. The number of hydrogen-bond donors (Lipinski definition) is 2. The largest absolute Gasteiger partial charge is 0.494 e. The van der Waals surface area contributed by atoms with Crippen molar-refractivity contribution in [2.75, 3.05) is 44.8 Å². The van der Waals surface area contributed by atoms with E-state index in [1.54, 1.807) is 0 Å². The summed E-state index contributed by atoms with van der Waals surface area (Å²) in [6.07, 6.45) is 2.79. The van der Waals surface area contributed by atoms with Crippen LogP contribution in [0.2, 0.25) is 0 Å². The molecule has 1 saturated heterocycles. The minimum Gasteiger partial charge on any atom is -0.494 e. The maximum atomic E-state index is 6.12. The van der Waals surface area contributed by atoms with Crippen LogP contribution in [0.1, 0.15) is 6.42 Å². The van der Waals surface area contributed by atoms with E-state index in [-0.39, 0.29) is 0 Å². The van der Waals surface area contributed by atoms with Crippen LogP contribution in [0.15, 0.2) is 72.9 Å². The first kappa shape index (κ1) is 22.5. The highest BCUT2D eigenvalue weighted by Crippen LogP contribution is 2.31. The summed E-state index contributed by atoms with van der Waals surface area (Å²) in [6.45, 7) is 5.31. The summed E-state index contributed by atoms with van der Waals surface area (Å²) in [6, 6.07) is 22.1. The highest BCUT2D eigenvalue weighted by molar-refractivity contribution is 5.94. The predicted molar refractivity (Wildman–Crippen MR) is 142 cm³/mol. The van der Waals surface area contributed by atoms with Crippen LogP contribution in [-0.4, -0.2) is 64.5 Å². The number of aromatic amines is 1. The molecule has 5 aromatic rings. The van der Waals surface area contributed by atoms with Gasteiger partial charge in [-0.3, -0.25) is 10.00 Å². The molecule has 1 aliphatic heterocycles. The molecule has 36 heavy (non-hydrogen) atoms. The van der Waals surface area contributed by atoms with Gasteiger partial charge in [0.25, 0.3) is 0 Å². The van der Waals surface area contributed by atoms with Crippen LogP contribution in [0.3, 0.4) is 0 Å². The molecule has 0 saturated carbocycles. The Morgan fingerprint density at radius 3 is 2.75 bits per heavy atom. The van der Waals surface area contributed by atoms with Crippen molar-refractivity contribution >= 4 is 33.3 Å². The highest BCUT2D eigenvalue weighted by atomic mass is 16.5. The van der Waals surface area contributed by atoms with Crippen molar-refractivity contribution in [2.24, 2.45) is 0 Å². The number of nitrogens with one attached hydrogen (secondary N) is 2. The van der Waals surface area contributed by atoms with E-state index in [4.69, 9.17) is 19.4 Å². The third kappa shape index (κ3) is 5.00. The van der Waals surface area contributed by atoms with Gasteiger partial charge in [-0.2, -0.15) is 5.10 Å². The molecule has 0 spiro atoms. The van der Waals surface area contributed by atoms with Crippen molar-refractivity contribution < 1.29 is 9.47 Å². The molecule has 0 radical (unpaired) electrons. The van der Waals surface area contributed by atoms with Crippen LogP contribution in [0, 0.1) is 0 Å². The van der Waals surface area contributed by atoms with Crippen molar-refractivity contribution in [2.45, 2.75) is 6.42 Å². The van der Waals surface area contributed by atoms with E-state index in [1.165, 1.54) is 0 Å². The van der Waals surface area contributed by atoms with Gasteiger partial charge < -0.3 is 14.8 Å². The molecule has 2 N–H and O–H groups in total. The molecule has 2 aromatic heterocycles. The van der Waals surface area contributed by atoms with Crippen molar-refractivity contribution in [1.29, 1.82) is 0 Å². The Balaban J connectivity index is 1.27. The second-order valence-corrected chi connectivity index (χ2v) is 8.89. The fourth-order valence-electron chi connectivity index (χ4n) is 4.47. The molecule has 3 heterocycles. The minimum atomic E-state index is 0.658. The number of hydrogen-bond acceptors (Lipinski definition) is 7. The van der Waals surface area contributed by atoms with Gasteiger partial charge in [0.1, 0.15) is 11.6 Å². The number of nitrogens with zero attached hydrogens (tertiary/aromatic N) is 4. The zero-order chi connectivity index (χ0) is 24.2. The first-order valence-electron chi connectivity index (χ1n) is 12.3. The zero-order valence-corrected chi connectivity index (χ0v) is 20.0. The van der Waals surface area contributed by atoms with E-state index >= 15 is 0 Å². The first-order valence-corrected chi connectivity index (χ1v) is 12.3. The Kier molecular flexibility index (Phi) is 6.43. The summed E-state index contributed by atoms with van der Waals surface area (Å²) in [5.41, 5.74) is 3.75. The summed E-state index contributed by atoms with van der Waals surface area (Å²) >= 11 is 0. The smallest absolute Gasteiger partial charge is 0.162 e. The number of rotatable bonds is 8. The SMILES string of the molecule is c1ccc(-c2nc(Nc3ccc4[nH]ncc4c3)c3cc(OCCCN4CCOCC4)ccc3n2)cc1. The molecular weight excluding hydrogens is 452 g/mol. The maximum absolute atomic E-state index is 6.12. The molecular formula is C28H28N6O2. The normalized spacial score (nSPS) is 14.3. The first-order chi connectivity index (χ1) is 17.8.